The van der Waals surface area contributed by atoms with Crippen molar-refractivity contribution < 1.29 is 19.2 Å². The van der Waals surface area contributed by atoms with Gasteiger partial charge in [0, 0.05) is 37.6 Å². The van der Waals surface area contributed by atoms with Crippen LogP contribution in [0.25, 0.3) is 0 Å². The summed E-state index contributed by atoms with van der Waals surface area (Å²) < 4.78 is 10.6. The molecule has 2 aliphatic rings. The Bertz CT molecular complexity index is 624. The van der Waals surface area contributed by atoms with Crippen molar-refractivity contribution in [1.82, 2.24) is 20.8 Å². The van der Waals surface area contributed by atoms with E-state index in [1.165, 1.54) is 0 Å². The van der Waals surface area contributed by atoms with E-state index >= 15 is 0 Å². The van der Waals surface area contributed by atoms with Gasteiger partial charge in [0.15, 0.2) is 5.82 Å². The van der Waals surface area contributed by atoms with Crippen molar-refractivity contribution in [3.8, 4) is 0 Å². The lowest BCUT2D eigenvalue weighted by atomic mass is 9.76. The first-order valence-electron chi connectivity index (χ1n) is 9.41. The molecule has 1 saturated carbocycles. The lowest BCUT2D eigenvalue weighted by molar-refractivity contribution is -0.0554. The Morgan fingerprint density at radius 2 is 2.04 bits per heavy atom. The summed E-state index contributed by atoms with van der Waals surface area (Å²) in [6.07, 6.45) is 3.40. The first kappa shape index (κ1) is 19.1. The van der Waals surface area contributed by atoms with Gasteiger partial charge < -0.3 is 25.0 Å². The number of aliphatic hydroxyl groups is 1. The molecule has 1 aliphatic carbocycles. The second-order valence-corrected chi connectivity index (χ2v) is 8.31. The molecule has 0 radical (unpaired) electrons. The van der Waals surface area contributed by atoms with E-state index in [9.17, 15) is 9.90 Å². The number of ether oxygens (including phenoxy) is 1. The topological polar surface area (TPSA) is 110 Å². The fourth-order valence-corrected chi connectivity index (χ4v) is 4.05. The number of amides is 2. The van der Waals surface area contributed by atoms with E-state index in [-0.39, 0.29) is 23.5 Å². The second-order valence-electron chi connectivity index (χ2n) is 8.31. The van der Waals surface area contributed by atoms with Gasteiger partial charge in [-0.15, -0.1) is 0 Å². The highest BCUT2D eigenvalue weighted by Crippen LogP contribution is 2.48. The third-order valence-electron chi connectivity index (χ3n) is 5.90. The molecule has 3 rings (SSSR count). The van der Waals surface area contributed by atoms with Crippen LogP contribution in [0.5, 0.6) is 0 Å². The Labute approximate surface area is 154 Å². The molecule has 2 amide bonds. The van der Waals surface area contributed by atoms with Crippen LogP contribution in [0.4, 0.5) is 4.79 Å². The van der Waals surface area contributed by atoms with Crippen molar-refractivity contribution in [2.45, 2.75) is 58.0 Å². The SMILES string of the molecule is Cc1noc(C(C)(C)CNC(=O)NC[C@@H]2CCC3(CCOCC3)[C@@H]2O)n1. The molecule has 3 N–H and O–H groups in total. The summed E-state index contributed by atoms with van der Waals surface area (Å²) in [7, 11) is 0. The summed E-state index contributed by atoms with van der Waals surface area (Å²) in [6.45, 7) is 7.96. The van der Waals surface area contributed by atoms with Gasteiger partial charge in [0.05, 0.1) is 11.5 Å². The van der Waals surface area contributed by atoms with E-state index in [0.29, 0.717) is 24.8 Å². The number of rotatable bonds is 5. The summed E-state index contributed by atoms with van der Waals surface area (Å²) in [4.78, 5) is 16.4. The minimum Gasteiger partial charge on any atom is -0.392 e. The molecule has 1 aromatic heterocycles. The zero-order valence-corrected chi connectivity index (χ0v) is 15.9. The number of aryl methyl sites for hydroxylation is 1. The number of carbonyl (C=O) groups excluding carboxylic acids is 1. The van der Waals surface area contributed by atoms with Crippen LogP contribution in [0.1, 0.15) is 51.2 Å². The Kier molecular flexibility index (Phi) is 5.53. The zero-order valence-electron chi connectivity index (χ0n) is 15.9. The van der Waals surface area contributed by atoms with Crippen LogP contribution in [-0.2, 0) is 10.2 Å². The molecule has 0 aromatic carbocycles. The molecule has 2 heterocycles. The third-order valence-corrected chi connectivity index (χ3v) is 5.90. The Balaban J connectivity index is 1.44. The standard InChI is InChI=1S/C18H30N4O4/c1-12-21-15(26-22-12)17(2,3)11-20-16(24)19-10-13-4-5-18(14(13)23)6-8-25-9-7-18/h13-14,23H,4-11H2,1-3H3,(H2,19,20,24)/t13-,14+/m0/s1. The molecule has 1 spiro atoms. The lowest BCUT2D eigenvalue weighted by Crippen LogP contribution is -2.46. The van der Waals surface area contributed by atoms with Gasteiger partial charge in [-0.1, -0.05) is 5.16 Å². The van der Waals surface area contributed by atoms with Crippen LogP contribution in [0.15, 0.2) is 4.52 Å². The quantitative estimate of drug-likeness (QED) is 0.729. The zero-order chi connectivity index (χ0) is 18.8. The van der Waals surface area contributed by atoms with Crippen LogP contribution < -0.4 is 10.6 Å². The molecule has 8 heteroatoms. The van der Waals surface area contributed by atoms with Crippen LogP contribution >= 0.6 is 0 Å². The minimum atomic E-state index is -0.447. The average molecular weight is 366 g/mol. The second kappa shape index (κ2) is 7.52. The Morgan fingerprint density at radius 1 is 1.31 bits per heavy atom. The number of hydrogen-bond donors (Lipinski definition) is 3. The molecule has 2 atom stereocenters. The molecule has 146 valence electrons. The molecular weight excluding hydrogens is 336 g/mol. The van der Waals surface area contributed by atoms with Gasteiger partial charge >= 0.3 is 6.03 Å². The normalized spacial score (nSPS) is 25.4. The summed E-state index contributed by atoms with van der Waals surface area (Å²) in [5, 5.41) is 20.3. The minimum absolute atomic E-state index is 0.0150. The van der Waals surface area contributed by atoms with Crippen LogP contribution in [0.2, 0.25) is 0 Å². The maximum Gasteiger partial charge on any atom is 0.314 e. The van der Waals surface area contributed by atoms with E-state index in [4.69, 9.17) is 9.26 Å². The monoisotopic (exact) mass is 366 g/mol. The van der Waals surface area contributed by atoms with E-state index in [1.54, 1.807) is 6.92 Å². The molecule has 1 saturated heterocycles. The average Bonchev–Trinajstić information content (AvgIpc) is 3.18. The molecule has 0 unspecified atom stereocenters. The van der Waals surface area contributed by atoms with Gasteiger partial charge in [-0.3, -0.25) is 0 Å². The first-order chi connectivity index (χ1) is 12.3. The number of nitrogens with one attached hydrogen (secondary N) is 2. The summed E-state index contributed by atoms with van der Waals surface area (Å²) in [6, 6.07) is -0.241. The summed E-state index contributed by atoms with van der Waals surface area (Å²) in [5.74, 6) is 1.18. The molecule has 8 nitrogen and oxygen atoms in total. The van der Waals surface area contributed by atoms with E-state index in [1.807, 2.05) is 13.8 Å². The fourth-order valence-electron chi connectivity index (χ4n) is 4.05. The van der Waals surface area contributed by atoms with Gasteiger partial charge in [0.2, 0.25) is 5.89 Å². The number of hydrogen-bond acceptors (Lipinski definition) is 6. The number of aromatic nitrogens is 2. The molecule has 1 aliphatic heterocycles. The van der Waals surface area contributed by atoms with Crippen molar-refractivity contribution >= 4 is 6.03 Å². The van der Waals surface area contributed by atoms with Gasteiger partial charge in [-0.25, -0.2) is 4.79 Å². The first-order valence-corrected chi connectivity index (χ1v) is 9.41. The van der Waals surface area contributed by atoms with Crippen LogP contribution in [0, 0.1) is 18.3 Å². The number of nitrogens with zero attached hydrogens (tertiary/aromatic N) is 2. The Hall–Kier alpha value is -1.67. The predicted octanol–water partition coefficient (Wildman–Crippen LogP) is 1.52. The van der Waals surface area contributed by atoms with Crippen molar-refractivity contribution in [1.29, 1.82) is 0 Å². The molecular formula is C18H30N4O4. The van der Waals surface area contributed by atoms with Crippen LogP contribution in [-0.4, -0.2) is 53.7 Å². The Morgan fingerprint density at radius 3 is 2.69 bits per heavy atom. The predicted molar refractivity (Wildman–Crippen MR) is 94.7 cm³/mol. The summed E-state index contributed by atoms with van der Waals surface area (Å²) in [5.41, 5.74) is -0.462. The number of urea groups is 1. The highest BCUT2D eigenvalue weighted by atomic mass is 16.5. The highest BCUT2D eigenvalue weighted by Gasteiger charge is 2.48. The van der Waals surface area contributed by atoms with E-state index < -0.39 is 5.41 Å². The van der Waals surface area contributed by atoms with Crippen molar-refractivity contribution in [3.63, 3.8) is 0 Å². The summed E-state index contributed by atoms with van der Waals surface area (Å²) >= 11 is 0. The van der Waals surface area contributed by atoms with Gasteiger partial charge in [-0.2, -0.15) is 4.98 Å². The van der Waals surface area contributed by atoms with Crippen molar-refractivity contribution in [2.75, 3.05) is 26.3 Å². The largest absolute Gasteiger partial charge is 0.392 e. The maximum absolute atomic E-state index is 12.2. The van der Waals surface area contributed by atoms with E-state index in [2.05, 4.69) is 20.8 Å². The molecule has 0 bridgehead atoms. The van der Waals surface area contributed by atoms with Gasteiger partial charge in [0.1, 0.15) is 0 Å². The molecule has 26 heavy (non-hydrogen) atoms. The van der Waals surface area contributed by atoms with Gasteiger partial charge in [-0.05, 0) is 46.5 Å². The lowest BCUT2D eigenvalue weighted by Gasteiger charge is -2.37. The number of carbonyl (C=O) groups is 1. The smallest absolute Gasteiger partial charge is 0.314 e. The molecule has 1 aromatic rings. The maximum atomic E-state index is 12.2. The molecule has 2 fully saturated rings. The van der Waals surface area contributed by atoms with Crippen molar-refractivity contribution in [3.05, 3.63) is 11.7 Å². The third kappa shape index (κ3) is 4.01. The fraction of sp³-hybridized carbons (Fsp3) is 0.833. The number of aliphatic hydroxyl groups excluding tert-OH is 1. The van der Waals surface area contributed by atoms with E-state index in [0.717, 1.165) is 38.9 Å². The highest BCUT2D eigenvalue weighted by molar-refractivity contribution is 5.73. The van der Waals surface area contributed by atoms with Crippen LogP contribution in [0.3, 0.4) is 0 Å². The van der Waals surface area contributed by atoms with Gasteiger partial charge in [0.25, 0.3) is 0 Å². The van der Waals surface area contributed by atoms with Crippen molar-refractivity contribution in [2.24, 2.45) is 11.3 Å².